The molecule has 0 saturated carbocycles. The van der Waals surface area contributed by atoms with Crippen molar-refractivity contribution in [2.75, 3.05) is 11.9 Å². The summed E-state index contributed by atoms with van der Waals surface area (Å²) in [4.78, 5) is 10.5. The third-order valence-electron chi connectivity index (χ3n) is 2.69. The van der Waals surface area contributed by atoms with E-state index in [-0.39, 0.29) is 5.69 Å². The second kappa shape index (κ2) is 6.69. The number of anilines is 1. The number of alkyl halides is 8. The van der Waals surface area contributed by atoms with Crippen LogP contribution in [-0.2, 0) is 0 Å². The Bertz CT molecular complexity index is 577. The van der Waals surface area contributed by atoms with E-state index in [0.717, 1.165) is 24.3 Å². The van der Waals surface area contributed by atoms with Crippen LogP contribution in [-0.4, -0.2) is 36.8 Å². The van der Waals surface area contributed by atoms with E-state index in [2.05, 4.69) is 10.1 Å². The highest BCUT2D eigenvalue weighted by molar-refractivity contribution is 5.87. The summed E-state index contributed by atoms with van der Waals surface area (Å²) in [6.45, 7) is -2.27. The smallest absolute Gasteiger partial charge is 0.381 e. The van der Waals surface area contributed by atoms with Gasteiger partial charge in [0.2, 0.25) is 0 Å². The quantitative estimate of drug-likeness (QED) is 0.723. The SMILES string of the molecule is NC(=O)Nc1ccc(OCC(F)(F)C(F)(F)C(F)(F)C(F)F)cc1. The number of halogens is 8. The van der Waals surface area contributed by atoms with Crippen LogP contribution < -0.4 is 15.8 Å². The standard InChI is InChI=1S/C12H10F8N2O2/c13-8(14)11(17,18)12(19,20)10(15,16)5-24-7-3-1-6(2-4-7)22-9(21)23/h1-4,8H,5H2,(H3,21,22,23). The molecule has 1 aromatic carbocycles. The van der Waals surface area contributed by atoms with E-state index < -0.39 is 42.6 Å². The fourth-order valence-electron chi connectivity index (χ4n) is 1.42. The molecular weight excluding hydrogens is 356 g/mol. The number of carbonyl (C=O) groups excluding carboxylic acids is 1. The van der Waals surface area contributed by atoms with E-state index in [4.69, 9.17) is 5.73 Å². The van der Waals surface area contributed by atoms with Crippen LogP contribution in [0.4, 0.5) is 45.6 Å². The van der Waals surface area contributed by atoms with Crippen molar-refractivity contribution in [3.8, 4) is 5.75 Å². The van der Waals surface area contributed by atoms with Gasteiger partial charge >= 0.3 is 30.2 Å². The Morgan fingerprint density at radius 3 is 2.00 bits per heavy atom. The third kappa shape index (κ3) is 3.97. The van der Waals surface area contributed by atoms with Gasteiger partial charge in [0, 0.05) is 5.69 Å². The maximum atomic E-state index is 13.2. The first kappa shape index (κ1) is 19.8. The van der Waals surface area contributed by atoms with Gasteiger partial charge in [0.1, 0.15) is 5.75 Å². The van der Waals surface area contributed by atoms with Crippen LogP contribution in [0.2, 0.25) is 0 Å². The second-order valence-electron chi connectivity index (χ2n) is 4.50. The molecule has 0 spiro atoms. The number of rotatable bonds is 7. The average molecular weight is 366 g/mol. The predicted octanol–water partition coefficient (Wildman–Crippen LogP) is 3.73. The lowest BCUT2D eigenvalue weighted by Crippen LogP contribution is -2.59. The van der Waals surface area contributed by atoms with Crippen LogP contribution in [0.5, 0.6) is 5.75 Å². The van der Waals surface area contributed by atoms with E-state index >= 15 is 0 Å². The second-order valence-corrected chi connectivity index (χ2v) is 4.50. The minimum Gasteiger partial charge on any atom is -0.487 e. The van der Waals surface area contributed by atoms with Crippen LogP contribution in [0.15, 0.2) is 24.3 Å². The van der Waals surface area contributed by atoms with Crippen LogP contribution in [0.1, 0.15) is 0 Å². The van der Waals surface area contributed by atoms with Gasteiger partial charge in [-0.25, -0.2) is 13.6 Å². The number of hydrogen-bond acceptors (Lipinski definition) is 2. The van der Waals surface area contributed by atoms with Gasteiger partial charge in [0.05, 0.1) is 0 Å². The molecule has 0 fully saturated rings. The Labute approximate surface area is 129 Å². The molecule has 0 aromatic heterocycles. The summed E-state index contributed by atoms with van der Waals surface area (Å²) < 4.78 is 106. The summed E-state index contributed by atoms with van der Waals surface area (Å²) in [6.07, 6.45) is -4.99. The fourth-order valence-corrected chi connectivity index (χ4v) is 1.42. The van der Waals surface area contributed by atoms with Crippen molar-refractivity contribution in [2.24, 2.45) is 5.73 Å². The summed E-state index contributed by atoms with van der Waals surface area (Å²) in [5.41, 5.74) is 4.90. The molecule has 0 heterocycles. The monoisotopic (exact) mass is 366 g/mol. The molecule has 1 rings (SSSR count). The Morgan fingerprint density at radius 1 is 1.08 bits per heavy atom. The third-order valence-corrected chi connectivity index (χ3v) is 2.69. The molecular formula is C12H10F8N2O2. The van der Waals surface area contributed by atoms with Crippen LogP contribution in [0.3, 0.4) is 0 Å². The lowest BCUT2D eigenvalue weighted by Gasteiger charge is -2.32. The van der Waals surface area contributed by atoms with Gasteiger partial charge in [-0.15, -0.1) is 0 Å². The molecule has 136 valence electrons. The van der Waals surface area contributed by atoms with Crippen molar-refractivity contribution in [3.05, 3.63) is 24.3 Å². The van der Waals surface area contributed by atoms with Crippen molar-refractivity contribution in [1.29, 1.82) is 0 Å². The van der Waals surface area contributed by atoms with Gasteiger partial charge in [0.25, 0.3) is 0 Å². The molecule has 4 nitrogen and oxygen atoms in total. The fraction of sp³-hybridized carbons (Fsp3) is 0.417. The molecule has 0 atom stereocenters. The average Bonchev–Trinajstić information content (AvgIpc) is 2.45. The minimum absolute atomic E-state index is 0.108. The lowest BCUT2D eigenvalue weighted by molar-refractivity contribution is -0.342. The molecule has 0 saturated heterocycles. The highest BCUT2D eigenvalue weighted by Crippen LogP contribution is 2.48. The Balaban J connectivity index is 2.82. The first-order valence-corrected chi connectivity index (χ1v) is 6.02. The van der Waals surface area contributed by atoms with Crippen molar-refractivity contribution < 1.29 is 44.7 Å². The summed E-state index contributed by atoms with van der Waals surface area (Å²) in [5, 5.41) is 2.09. The number of nitrogens with one attached hydrogen (secondary N) is 1. The molecule has 0 aliphatic carbocycles. The first-order valence-electron chi connectivity index (χ1n) is 6.02. The number of carbonyl (C=O) groups is 1. The zero-order valence-electron chi connectivity index (χ0n) is 11.5. The Hall–Kier alpha value is -2.27. The number of nitrogens with two attached hydrogens (primary N) is 1. The molecule has 2 amide bonds. The topological polar surface area (TPSA) is 64.4 Å². The van der Waals surface area contributed by atoms with Crippen LogP contribution in [0, 0.1) is 0 Å². The summed E-state index contributed by atoms with van der Waals surface area (Å²) >= 11 is 0. The van der Waals surface area contributed by atoms with E-state index in [0.29, 0.717) is 0 Å². The Kier molecular flexibility index (Phi) is 5.51. The van der Waals surface area contributed by atoms with Crippen LogP contribution in [0.25, 0.3) is 0 Å². The predicted molar refractivity (Wildman–Crippen MR) is 66.0 cm³/mol. The van der Waals surface area contributed by atoms with Crippen molar-refractivity contribution in [3.63, 3.8) is 0 Å². The summed E-state index contributed by atoms with van der Waals surface area (Å²) in [5.74, 6) is -18.6. The molecule has 3 N–H and O–H groups in total. The van der Waals surface area contributed by atoms with E-state index in [1.165, 1.54) is 0 Å². The van der Waals surface area contributed by atoms with E-state index in [1.807, 2.05) is 0 Å². The van der Waals surface area contributed by atoms with E-state index in [9.17, 15) is 39.9 Å². The number of urea groups is 1. The van der Waals surface area contributed by atoms with Crippen molar-refractivity contribution in [1.82, 2.24) is 0 Å². The highest BCUT2D eigenvalue weighted by atomic mass is 19.4. The molecule has 1 aromatic rings. The summed E-state index contributed by atoms with van der Waals surface area (Å²) in [6, 6.07) is 3.10. The van der Waals surface area contributed by atoms with Gasteiger partial charge in [-0.3, -0.25) is 0 Å². The number of ether oxygens (including phenoxy) is 1. The summed E-state index contributed by atoms with van der Waals surface area (Å²) in [7, 11) is 0. The maximum Gasteiger partial charge on any atom is 0.381 e. The Morgan fingerprint density at radius 2 is 1.58 bits per heavy atom. The molecule has 0 radical (unpaired) electrons. The molecule has 0 aliphatic rings. The normalized spacial score (nSPS) is 13.0. The molecule has 24 heavy (non-hydrogen) atoms. The van der Waals surface area contributed by atoms with Gasteiger partial charge in [-0.1, -0.05) is 0 Å². The maximum absolute atomic E-state index is 13.2. The van der Waals surface area contributed by atoms with Crippen molar-refractivity contribution >= 4 is 11.7 Å². The van der Waals surface area contributed by atoms with E-state index in [1.54, 1.807) is 0 Å². The largest absolute Gasteiger partial charge is 0.487 e. The molecule has 0 aliphatic heterocycles. The highest BCUT2D eigenvalue weighted by Gasteiger charge is 2.75. The van der Waals surface area contributed by atoms with Gasteiger partial charge in [0.15, 0.2) is 6.61 Å². The molecule has 0 unspecified atom stereocenters. The first-order chi connectivity index (χ1) is 10.8. The zero-order chi connectivity index (χ0) is 18.8. The van der Waals surface area contributed by atoms with Gasteiger partial charge in [-0.2, -0.15) is 26.3 Å². The van der Waals surface area contributed by atoms with Crippen LogP contribution >= 0.6 is 0 Å². The molecule has 0 bridgehead atoms. The number of primary amides is 1. The lowest BCUT2D eigenvalue weighted by atomic mass is 10.1. The number of amides is 2. The zero-order valence-corrected chi connectivity index (χ0v) is 11.5. The molecule has 12 heteroatoms. The number of hydrogen-bond donors (Lipinski definition) is 2. The van der Waals surface area contributed by atoms with Gasteiger partial charge < -0.3 is 15.8 Å². The number of benzene rings is 1. The van der Waals surface area contributed by atoms with Crippen molar-refractivity contribution in [2.45, 2.75) is 24.2 Å². The van der Waals surface area contributed by atoms with Gasteiger partial charge in [-0.05, 0) is 24.3 Å². The minimum atomic E-state index is -6.33.